The van der Waals surface area contributed by atoms with Crippen LogP contribution in [0.15, 0.2) is 4.99 Å². The summed E-state index contributed by atoms with van der Waals surface area (Å²) in [5, 5.41) is 19.0. The quantitative estimate of drug-likeness (QED) is 0.637. The molecule has 1 fully saturated rings. The first kappa shape index (κ1) is 11.0. The average Bonchev–Trinajstić information content (AvgIpc) is 2.61. The molecule has 1 saturated heterocycles. The SMILES string of the molecule is CN(C)C1=NC2C(O)CC(CO)SC2O1. The number of nitrogens with zero attached hydrogens (tertiary/aromatic N) is 2. The van der Waals surface area contributed by atoms with Crippen molar-refractivity contribution in [2.75, 3.05) is 20.7 Å². The number of amidine groups is 1. The van der Waals surface area contributed by atoms with Crippen molar-refractivity contribution < 1.29 is 14.9 Å². The minimum absolute atomic E-state index is 0.0537. The Balaban J connectivity index is 2.07. The minimum Gasteiger partial charge on any atom is -0.448 e. The maximum atomic E-state index is 9.85. The van der Waals surface area contributed by atoms with Gasteiger partial charge in [-0.1, -0.05) is 0 Å². The molecule has 86 valence electrons. The molecule has 0 radical (unpaired) electrons. The fraction of sp³-hybridized carbons (Fsp3) is 0.889. The number of aliphatic imine (C=N–C) groups is 1. The molecule has 2 heterocycles. The molecule has 4 unspecified atom stereocenters. The van der Waals surface area contributed by atoms with Crippen molar-refractivity contribution in [3.8, 4) is 0 Å². The van der Waals surface area contributed by atoms with Gasteiger partial charge in [-0.25, -0.2) is 4.99 Å². The van der Waals surface area contributed by atoms with Gasteiger partial charge in [0.2, 0.25) is 0 Å². The van der Waals surface area contributed by atoms with Crippen molar-refractivity contribution in [3.63, 3.8) is 0 Å². The van der Waals surface area contributed by atoms with Crippen LogP contribution < -0.4 is 0 Å². The summed E-state index contributed by atoms with van der Waals surface area (Å²) in [5.74, 6) is 0. The summed E-state index contributed by atoms with van der Waals surface area (Å²) in [7, 11) is 3.72. The van der Waals surface area contributed by atoms with E-state index in [0.717, 1.165) is 0 Å². The third kappa shape index (κ3) is 2.07. The Bertz CT molecular complexity index is 272. The number of hydrogen-bond donors (Lipinski definition) is 2. The van der Waals surface area contributed by atoms with Gasteiger partial charge in [-0.15, -0.1) is 11.8 Å². The first-order chi connectivity index (χ1) is 7.11. The highest BCUT2D eigenvalue weighted by Gasteiger charge is 2.43. The highest BCUT2D eigenvalue weighted by Crippen LogP contribution is 2.37. The summed E-state index contributed by atoms with van der Waals surface area (Å²) < 4.78 is 5.60. The Morgan fingerprint density at radius 2 is 2.33 bits per heavy atom. The van der Waals surface area contributed by atoms with Gasteiger partial charge in [-0.3, -0.25) is 0 Å². The minimum atomic E-state index is -0.508. The van der Waals surface area contributed by atoms with Gasteiger partial charge in [0.05, 0.1) is 12.7 Å². The van der Waals surface area contributed by atoms with E-state index in [1.165, 1.54) is 0 Å². The van der Waals surface area contributed by atoms with Crippen LogP contribution in [0.5, 0.6) is 0 Å². The molecule has 4 atom stereocenters. The molecule has 15 heavy (non-hydrogen) atoms. The molecule has 0 aromatic carbocycles. The van der Waals surface area contributed by atoms with Gasteiger partial charge in [0, 0.05) is 19.3 Å². The van der Waals surface area contributed by atoms with Crippen LogP contribution in [0.25, 0.3) is 0 Å². The van der Waals surface area contributed by atoms with Gasteiger partial charge in [-0.05, 0) is 6.42 Å². The maximum absolute atomic E-state index is 9.85. The molecule has 0 spiro atoms. The van der Waals surface area contributed by atoms with E-state index in [4.69, 9.17) is 9.84 Å². The fourth-order valence-corrected chi connectivity index (χ4v) is 3.08. The highest BCUT2D eigenvalue weighted by molar-refractivity contribution is 8.00. The topological polar surface area (TPSA) is 65.3 Å². The summed E-state index contributed by atoms with van der Waals surface area (Å²) in [4.78, 5) is 6.12. The molecular weight excluding hydrogens is 216 g/mol. The first-order valence-electron chi connectivity index (χ1n) is 4.98. The van der Waals surface area contributed by atoms with Crippen LogP contribution in [-0.2, 0) is 4.74 Å². The van der Waals surface area contributed by atoms with Crippen molar-refractivity contribution in [1.82, 2.24) is 4.90 Å². The van der Waals surface area contributed by atoms with E-state index in [9.17, 15) is 5.11 Å². The second kappa shape index (κ2) is 4.19. The van der Waals surface area contributed by atoms with Gasteiger partial charge in [-0.2, -0.15) is 0 Å². The van der Waals surface area contributed by atoms with E-state index in [1.54, 1.807) is 16.7 Å². The molecule has 2 aliphatic heterocycles. The molecule has 0 aromatic heterocycles. The lowest BCUT2D eigenvalue weighted by molar-refractivity contribution is 0.0925. The van der Waals surface area contributed by atoms with Gasteiger partial charge in [0.1, 0.15) is 6.04 Å². The average molecular weight is 232 g/mol. The molecule has 2 N–H and O–H groups in total. The maximum Gasteiger partial charge on any atom is 0.288 e. The summed E-state index contributed by atoms with van der Waals surface area (Å²) in [6.07, 6.45) is 0.0708. The number of aliphatic hydroxyl groups is 2. The van der Waals surface area contributed by atoms with Crippen LogP contribution in [0, 0.1) is 0 Å². The van der Waals surface area contributed by atoms with E-state index < -0.39 is 6.10 Å². The van der Waals surface area contributed by atoms with Gasteiger partial charge < -0.3 is 19.8 Å². The molecule has 2 rings (SSSR count). The van der Waals surface area contributed by atoms with Crippen molar-refractivity contribution in [3.05, 3.63) is 0 Å². The zero-order valence-corrected chi connectivity index (χ0v) is 9.65. The van der Waals surface area contributed by atoms with Gasteiger partial charge in [0.25, 0.3) is 6.02 Å². The van der Waals surface area contributed by atoms with Crippen molar-refractivity contribution in [1.29, 1.82) is 0 Å². The van der Waals surface area contributed by atoms with E-state index in [1.807, 2.05) is 14.1 Å². The predicted octanol–water partition coefficient (Wildman–Crippen LogP) is -0.512. The number of fused-ring (bicyclic) bond motifs is 1. The number of aliphatic hydroxyl groups excluding tert-OH is 2. The number of rotatable bonds is 1. The van der Waals surface area contributed by atoms with E-state index in [2.05, 4.69) is 4.99 Å². The van der Waals surface area contributed by atoms with Crippen LogP contribution in [0.3, 0.4) is 0 Å². The molecule has 0 saturated carbocycles. The molecule has 6 heteroatoms. The van der Waals surface area contributed by atoms with E-state index in [0.29, 0.717) is 12.4 Å². The molecule has 0 aliphatic carbocycles. The molecule has 2 aliphatic rings. The van der Waals surface area contributed by atoms with Crippen LogP contribution in [-0.4, -0.2) is 64.7 Å². The lowest BCUT2D eigenvalue weighted by Crippen LogP contribution is -2.41. The molecular formula is C9H16N2O3S. The second-order valence-corrected chi connectivity index (χ2v) is 5.43. The standard InChI is InChI=1S/C9H16N2O3S/c1-11(2)9-10-7-6(13)3-5(4-12)15-8(7)14-9/h5-8,12-13H,3-4H2,1-2H3. The Morgan fingerprint density at radius 3 is 2.93 bits per heavy atom. The van der Waals surface area contributed by atoms with E-state index in [-0.39, 0.29) is 23.3 Å². The second-order valence-electron chi connectivity index (χ2n) is 4.03. The van der Waals surface area contributed by atoms with Crippen LogP contribution >= 0.6 is 11.8 Å². The Kier molecular flexibility index (Phi) is 3.08. The molecule has 0 amide bonds. The summed E-state index contributed by atoms with van der Waals surface area (Å²) in [6.45, 7) is 0.0750. The highest BCUT2D eigenvalue weighted by atomic mass is 32.2. The number of thioether (sulfide) groups is 1. The van der Waals surface area contributed by atoms with Gasteiger partial charge in [0.15, 0.2) is 5.44 Å². The third-order valence-electron chi connectivity index (χ3n) is 2.57. The summed E-state index contributed by atoms with van der Waals surface area (Å²) in [5.41, 5.74) is -0.150. The number of ether oxygens (including phenoxy) is 1. The van der Waals surface area contributed by atoms with Gasteiger partial charge >= 0.3 is 0 Å². The molecule has 5 nitrogen and oxygen atoms in total. The number of hydrogen-bond acceptors (Lipinski definition) is 6. The van der Waals surface area contributed by atoms with Crippen molar-refractivity contribution in [2.45, 2.75) is 29.3 Å². The normalized spacial score (nSPS) is 39.3. The Labute approximate surface area is 93.1 Å². The summed E-state index contributed by atoms with van der Waals surface area (Å²) in [6, 6.07) is 0.380. The molecule has 0 bridgehead atoms. The van der Waals surface area contributed by atoms with Crippen LogP contribution in [0.1, 0.15) is 6.42 Å². The fourth-order valence-electron chi connectivity index (χ4n) is 1.76. The lowest BCUT2D eigenvalue weighted by atomic mass is 10.1. The smallest absolute Gasteiger partial charge is 0.288 e. The Hall–Kier alpha value is -0.460. The third-order valence-corrected chi connectivity index (χ3v) is 3.94. The van der Waals surface area contributed by atoms with Crippen molar-refractivity contribution >= 4 is 17.8 Å². The van der Waals surface area contributed by atoms with Crippen LogP contribution in [0.4, 0.5) is 0 Å². The Morgan fingerprint density at radius 1 is 1.60 bits per heavy atom. The van der Waals surface area contributed by atoms with E-state index >= 15 is 0 Å². The largest absolute Gasteiger partial charge is 0.448 e. The zero-order valence-electron chi connectivity index (χ0n) is 8.83. The lowest BCUT2D eigenvalue weighted by Gasteiger charge is -2.31. The molecule has 0 aromatic rings. The van der Waals surface area contributed by atoms with Crippen molar-refractivity contribution in [2.24, 2.45) is 4.99 Å². The monoisotopic (exact) mass is 232 g/mol. The zero-order chi connectivity index (χ0) is 11.0. The first-order valence-corrected chi connectivity index (χ1v) is 5.92. The van der Waals surface area contributed by atoms with Crippen LogP contribution in [0.2, 0.25) is 0 Å². The summed E-state index contributed by atoms with van der Waals surface area (Å²) >= 11 is 1.55. The predicted molar refractivity (Wildman–Crippen MR) is 58.9 cm³/mol.